The second kappa shape index (κ2) is 5.39. The number of amides is 1. The van der Waals surface area contributed by atoms with Crippen molar-refractivity contribution >= 4 is 39.9 Å². The van der Waals surface area contributed by atoms with Gasteiger partial charge in [-0.1, -0.05) is 6.07 Å². The number of halogens is 1. The fourth-order valence-electron chi connectivity index (χ4n) is 1.51. The van der Waals surface area contributed by atoms with E-state index in [-0.39, 0.29) is 5.91 Å². The summed E-state index contributed by atoms with van der Waals surface area (Å²) in [4.78, 5) is 12.0. The van der Waals surface area contributed by atoms with Crippen molar-refractivity contribution in [3.8, 4) is 0 Å². The molecule has 1 amide bonds. The van der Waals surface area contributed by atoms with E-state index in [9.17, 15) is 4.79 Å². The molecule has 2 aromatic rings. The highest BCUT2D eigenvalue weighted by Crippen LogP contribution is 2.18. The second-order valence-electron chi connectivity index (χ2n) is 4.04. The molecule has 0 radical (unpaired) electrons. The fraction of sp³-hybridized carbons (Fsp3) is 0.0714. The molecule has 2 aromatic carbocycles. The lowest BCUT2D eigenvalue weighted by molar-refractivity contribution is 0.102. The van der Waals surface area contributed by atoms with Crippen molar-refractivity contribution in [3.05, 3.63) is 57.2 Å². The average molecular weight is 352 g/mol. The molecule has 0 aliphatic rings. The number of nitrogens with one attached hydrogen (secondary N) is 1. The summed E-state index contributed by atoms with van der Waals surface area (Å²) < 4.78 is 1.13. The number of aryl methyl sites for hydroxylation is 1. The molecular weight excluding hydrogens is 339 g/mol. The Hall–Kier alpha value is -1.56. The largest absolute Gasteiger partial charge is 0.399 e. The molecule has 0 bridgehead atoms. The van der Waals surface area contributed by atoms with Crippen LogP contribution < -0.4 is 11.1 Å². The Kier molecular flexibility index (Phi) is 3.86. The molecule has 0 spiro atoms. The predicted octanol–water partition coefficient (Wildman–Crippen LogP) is 3.43. The standard InChI is InChI=1S/C14H13IN2O/c1-9-2-7-12(8-13(9)15)17-14(18)10-3-5-11(16)6-4-10/h2-8H,16H2,1H3,(H,17,18). The van der Waals surface area contributed by atoms with Crippen LogP contribution in [0.2, 0.25) is 0 Å². The Morgan fingerprint density at radius 1 is 1.17 bits per heavy atom. The van der Waals surface area contributed by atoms with E-state index in [1.807, 2.05) is 25.1 Å². The summed E-state index contributed by atoms with van der Waals surface area (Å²) in [6.07, 6.45) is 0. The smallest absolute Gasteiger partial charge is 0.255 e. The van der Waals surface area contributed by atoms with Crippen LogP contribution in [0.4, 0.5) is 11.4 Å². The molecule has 0 fully saturated rings. The molecular formula is C14H13IN2O. The molecule has 0 aromatic heterocycles. The number of nitrogens with two attached hydrogens (primary N) is 1. The summed E-state index contributed by atoms with van der Waals surface area (Å²) in [5.74, 6) is -0.130. The van der Waals surface area contributed by atoms with Gasteiger partial charge in [-0.25, -0.2) is 0 Å². The van der Waals surface area contributed by atoms with E-state index < -0.39 is 0 Å². The lowest BCUT2D eigenvalue weighted by Crippen LogP contribution is -2.12. The first-order valence-corrected chi connectivity index (χ1v) is 6.57. The topological polar surface area (TPSA) is 55.1 Å². The van der Waals surface area contributed by atoms with Crippen molar-refractivity contribution in [2.24, 2.45) is 0 Å². The van der Waals surface area contributed by atoms with Gasteiger partial charge < -0.3 is 11.1 Å². The molecule has 3 nitrogen and oxygen atoms in total. The van der Waals surface area contributed by atoms with E-state index in [4.69, 9.17) is 5.73 Å². The minimum atomic E-state index is -0.130. The first kappa shape index (κ1) is 12.9. The summed E-state index contributed by atoms with van der Waals surface area (Å²) in [5.41, 5.74) is 8.82. The van der Waals surface area contributed by atoms with Crippen LogP contribution in [0.5, 0.6) is 0 Å². The monoisotopic (exact) mass is 352 g/mol. The third-order valence-electron chi connectivity index (χ3n) is 2.60. The molecule has 0 unspecified atom stereocenters. The zero-order valence-corrected chi connectivity index (χ0v) is 12.1. The number of nitrogen functional groups attached to an aromatic ring is 1. The molecule has 0 saturated heterocycles. The molecule has 18 heavy (non-hydrogen) atoms. The van der Waals surface area contributed by atoms with Crippen molar-refractivity contribution in [1.29, 1.82) is 0 Å². The highest BCUT2D eigenvalue weighted by atomic mass is 127. The minimum absolute atomic E-state index is 0.130. The van der Waals surface area contributed by atoms with Crippen molar-refractivity contribution in [2.45, 2.75) is 6.92 Å². The average Bonchev–Trinajstić information content (AvgIpc) is 2.34. The zero-order valence-electron chi connectivity index (χ0n) is 9.91. The van der Waals surface area contributed by atoms with E-state index in [1.165, 1.54) is 5.56 Å². The quantitative estimate of drug-likeness (QED) is 0.643. The van der Waals surface area contributed by atoms with Gasteiger partial charge in [0.25, 0.3) is 5.91 Å². The number of rotatable bonds is 2. The third kappa shape index (κ3) is 3.01. The van der Waals surface area contributed by atoms with Crippen LogP contribution in [-0.4, -0.2) is 5.91 Å². The Morgan fingerprint density at radius 3 is 2.44 bits per heavy atom. The summed E-state index contributed by atoms with van der Waals surface area (Å²) >= 11 is 2.25. The van der Waals surface area contributed by atoms with Gasteiger partial charge in [-0.2, -0.15) is 0 Å². The van der Waals surface area contributed by atoms with E-state index in [0.717, 1.165) is 9.26 Å². The maximum Gasteiger partial charge on any atom is 0.255 e. The van der Waals surface area contributed by atoms with Crippen molar-refractivity contribution in [3.63, 3.8) is 0 Å². The van der Waals surface area contributed by atoms with Gasteiger partial charge in [0.15, 0.2) is 0 Å². The molecule has 0 aliphatic carbocycles. The Morgan fingerprint density at radius 2 is 1.83 bits per heavy atom. The molecule has 0 aliphatic heterocycles. The van der Waals surface area contributed by atoms with E-state index in [0.29, 0.717) is 11.3 Å². The summed E-state index contributed by atoms with van der Waals surface area (Å²) in [6.45, 7) is 2.04. The molecule has 3 N–H and O–H groups in total. The first-order chi connectivity index (χ1) is 8.56. The van der Waals surface area contributed by atoms with Crippen LogP contribution in [0.1, 0.15) is 15.9 Å². The predicted molar refractivity (Wildman–Crippen MR) is 82.7 cm³/mol. The second-order valence-corrected chi connectivity index (χ2v) is 5.20. The van der Waals surface area contributed by atoms with Crippen molar-refractivity contribution in [1.82, 2.24) is 0 Å². The lowest BCUT2D eigenvalue weighted by Gasteiger charge is -2.07. The van der Waals surface area contributed by atoms with Gasteiger partial charge in [0.2, 0.25) is 0 Å². The molecule has 0 heterocycles. The van der Waals surface area contributed by atoms with Crippen LogP contribution in [0.15, 0.2) is 42.5 Å². The Bertz CT molecular complexity index is 579. The van der Waals surface area contributed by atoms with Gasteiger partial charge in [0.05, 0.1) is 0 Å². The lowest BCUT2D eigenvalue weighted by atomic mass is 10.2. The summed E-state index contributed by atoms with van der Waals surface area (Å²) in [6, 6.07) is 12.7. The molecule has 4 heteroatoms. The summed E-state index contributed by atoms with van der Waals surface area (Å²) in [7, 11) is 0. The van der Waals surface area contributed by atoms with Gasteiger partial charge in [-0.3, -0.25) is 4.79 Å². The van der Waals surface area contributed by atoms with Gasteiger partial charge in [-0.05, 0) is 71.5 Å². The molecule has 0 saturated carbocycles. The number of hydrogen-bond donors (Lipinski definition) is 2. The molecule has 92 valence electrons. The number of carbonyl (C=O) groups is 1. The fourth-order valence-corrected chi connectivity index (χ4v) is 2.02. The van der Waals surface area contributed by atoms with Crippen molar-refractivity contribution in [2.75, 3.05) is 11.1 Å². The Labute approximate surface area is 120 Å². The van der Waals surface area contributed by atoms with Gasteiger partial charge in [0, 0.05) is 20.5 Å². The Balaban J connectivity index is 2.16. The van der Waals surface area contributed by atoms with E-state index >= 15 is 0 Å². The molecule has 2 rings (SSSR count). The van der Waals surface area contributed by atoms with Crippen LogP contribution in [0.25, 0.3) is 0 Å². The van der Waals surface area contributed by atoms with Crippen LogP contribution in [-0.2, 0) is 0 Å². The normalized spacial score (nSPS) is 10.1. The highest BCUT2D eigenvalue weighted by Gasteiger charge is 2.06. The number of benzene rings is 2. The third-order valence-corrected chi connectivity index (χ3v) is 3.76. The maximum absolute atomic E-state index is 12.0. The van der Waals surface area contributed by atoms with Crippen LogP contribution >= 0.6 is 22.6 Å². The van der Waals surface area contributed by atoms with Crippen LogP contribution in [0, 0.1) is 10.5 Å². The SMILES string of the molecule is Cc1ccc(NC(=O)c2ccc(N)cc2)cc1I. The van der Waals surface area contributed by atoms with Gasteiger partial charge in [-0.15, -0.1) is 0 Å². The highest BCUT2D eigenvalue weighted by molar-refractivity contribution is 14.1. The summed E-state index contributed by atoms with van der Waals surface area (Å²) in [5, 5.41) is 2.86. The van der Waals surface area contributed by atoms with E-state index in [2.05, 4.69) is 27.9 Å². The van der Waals surface area contributed by atoms with Crippen molar-refractivity contribution < 1.29 is 4.79 Å². The maximum atomic E-state index is 12.0. The number of carbonyl (C=O) groups excluding carboxylic acids is 1. The van der Waals surface area contributed by atoms with Gasteiger partial charge >= 0.3 is 0 Å². The van der Waals surface area contributed by atoms with Gasteiger partial charge in [0.1, 0.15) is 0 Å². The number of anilines is 2. The first-order valence-electron chi connectivity index (χ1n) is 5.49. The van der Waals surface area contributed by atoms with Crippen LogP contribution in [0.3, 0.4) is 0 Å². The number of hydrogen-bond acceptors (Lipinski definition) is 2. The van der Waals surface area contributed by atoms with E-state index in [1.54, 1.807) is 24.3 Å². The molecule has 0 atom stereocenters. The minimum Gasteiger partial charge on any atom is -0.399 e. The zero-order chi connectivity index (χ0) is 13.1.